The summed E-state index contributed by atoms with van der Waals surface area (Å²) in [6.45, 7) is 9.87. The van der Waals surface area contributed by atoms with E-state index in [2.05, 4.69) is 48.7 Å². The molecular formula is C23H33ClN4O2. The molecule has 2 heterocycles. The fourth-order valence-corrected chi connectivity index (χ4v) is 4.21. The molecule has 30 heavy (non-hydrogen) atoms. The highest BCUT2D eigenvalue weighted by Gasteiger charge is 2.34. The molecule has 1 aliphatic heterocycles. The van der Waals surface area contributed by atoms with Crippen molar-refractivity contribution in [3.8, 4) is 0 Å². The summed E-state index contributed by atoms with van der Waals surface area (Å²) < 4.78 is 11.1. The molecule has 0 radical (unpaired) electrons. The van der Waals surface area contributed by atoms with E-state index in [9.17, 15) is 0 Å². The van der Waals surface area contributed by atoms with Gasteiger partial charge in [-0.15, -0.1) is 0 Å². The van der Waals surface area contributed by atoms with Crippen LogP contribution in [0.5, 0.6) is 0 Å². The minimum atomic E-state index is -0.0281. The van der Waals surface area contributed by atoms with Crippen LogP contribution in [0.2, 0.25) is 5.02 Å². The predicted molar refractivity (Wildman–Crippen MR) is 121 cm³/mol. The molecule has 1 aromatic carbocycles. The Morgan fingerprint density at radius 3 is 2.63 bits per heavy atom. The molecule has 2 N–H and O–H groups in total. The number of hydrogen-bond acceptors (Lipinski definition) is 4. The molecule has 3 rings (SSSR count). The molecule has 1 aromatic heterocycles. The van der Waals surface area contributed by atoms with Crippen molar-refractivity contribution in [3.05, 3.63) is 51.9 Å². The van der Waals surface area contributed by atoms with Crippen LogP contribution >= 0.6 is 11.6 Å². The van der Waals surface area contributed by atoms with Gasteiger partial charge < -0.3 is 19.9 Å². The summed E-state index contributed by atoms with van der Waals surface area (Å²) in [7, 11) is 0. The first kappa shape index (κ1) is 22.6. The standard InChI is InChI=1S/C23H33ClN4O2/c1-4-20-19(21(5-2)30-28-20)15-26-22(25-6-3)27-16-23(10-12-29-13-11-23)17-8-7-9-18(24)14-17/h7-9,14H,4-6,10-13,15-16H2,1-3H3,(H2,25,26,27). The van der Waals surface area contributed by atoms with Crippen molar-refractivity contribution in [2.45, 2.75) is 58.4 Å². The Bertz CT molecular complexity index is 822. The van der Waals surface area contributed by atoms with Gasteiger partial charge in [-0.2, -0.15) is 0 Å². The summed E-state index contributed by atoms with van der Waals surface area (Å²) >= 11 is 6.30. The zero-order valence-corrected chi connectivity index (χ0v) is 19.0. The van der Waals surface area contributed by atoms with Crippen LogP contribution in [0, 0.1) is 0 Å². The highest BCUT2D eigenvalue weighted by atomic mass is 35.5. The predicted octanol–water partition coefficient (Wildman–Crippen LogP) is 4.26. The van der Waals surface area contributed by atoms with Crippen molar-refractivity contribution in [1.82, 2.24) is 15.8 Å². The van der Waals surface area contributed by atoms with Crippen LogP contribution in [-0.2, 0) is 29.5 Å². The van der Waals surface area contributed by atoms with E-state index in [1.165, 1.54) is 5.56 Å². The van der Waals surface area contributed by atoms with Crippen molar-refractivity contribution in [2.75, 3.05) is 26.3 Å². The second-order valence-electron chi connectivity index (χ2n) is 7.69. The molecule has 1 fully saturated rings. The molecule has 1 aliphatic rings. The Labute approximate surface area is 184 Å². The number of nitrogens with one attached hydrogen (secondary N) is 2. The SMILES string of the molecule is CCNC(=NCc1c(CC)noc1CC)NCC1(c2cccc(Cl)c2)CCOCC1. The first-order valence-corrected chi connectivity index (χ1v) is 11.3. The maximum absolute atomic E-state index is 6.30. The third kappa shape index (κ3) is 5.35. The number of halogens is 1. The maximum atomic E-state index is 6.30. The van der Waals surface area contributed by atoms with Crippen molar-refractivity contribution in [2.24, 2.45) is 4.99 Å². The van der Waals surface area contributed by atoms with Gasteiger partial charge in [0.25, 0.3) is 0 Å². The van der Waals surface area contributed by atoms with Crippen molar-refractivity contribution in [3.63, 3.8) is 0 Å². The average molecular weight is 433 g/mol. The highest BCUT2D eigenvalue weighted by molar-refractivity contribution is 6.30. The third-order valence-corrected chi connectivity index (χ3v) is 6.06. The molecule has 0 atom stereocenters. The van der Waals surface area contributed by atoms with Crippen molar-refractivity contribution < 1.29 is 9.26 Å². The minimum absolute atomic E-state index is 0.0281. The number of hydrogen-bond donors (Lipinski definition) is 2. The smallest absolute Gasteiger partial charge is 0.191 e. The van der Waals surface area contributed by atoms with Crippen LogP contribution in [0.1, 0.15) is 56.2 Å². The number of guanidine groups is 1. The second kappa shape index (κ2) is 10.8. The quantitative estimate of drug-likeness (QED) is 0.481. The fraction of sp³-hybridized carbons (Fsp3) is 0.565. The summed E-state index contributed by atoms with van der Waals surface area (Å²) in [5.74, 6) is 1.72. The number of benzene rings is 1. The zero-order valence-electron chi connectivity index (χ0n) is 18.3. The van der Waals surface area contributed by atoms with Gasteiger partial charge in [-0.05, 0) is 43.9 Å². The minimum Gasteiger partial charge on any atom is -0.381 e. The van der Waals surface area contributed by atoms with Crippen molar-refractivity contribution in [1.29, 1.82) is 0 Å². The van der Waals surface area contributed by atoms with Gasteiger partial charge in [0.1, 0.15) is 5.76 Å². The largest absolute Gasteiger partial charge is 0.381 e. The van der Waals surface area contributed by atoms with Gasteiger partial charge in [-0.1, -0.05) is 42.7 Å². The summed E-state index contributed by atoms with van der Waals surface area (Å²) in [5.41, 5.74) is 3.32. The third-order valence-electron chi connectivity index (χ3n) is 5.83. The lowest BCUT2D eigenvalue weighted by Crippen LogP contribution is -2.48. The molecule has 0 amide bonds. The van der Waals surface area contributed by atoms with E-state index in [1.807, 2.05) is 12.1 Å². The Hall–Kier alpha value is -2.05. The molecule has 0 unspecified atom stereocenters. The number of aryl methyl sites for hydroxylation is 2. The van der Waals surface area contributed by atoms with E-state index in [4.69, 9.17) is 25.9 Å². The lowest BCUT2D eigenvalue weighted by atomic mass is 9.74. The first-order valence-electron chi connectivity index (χ1n) is 10.9. The van der Waals surface area contributed by atoms with E-state index in [0.29, 0.717) is 6.54 Å². The van der Waals surface area contributed by atoms with Gasteiger partial charge in [-0.25, -0.2) is 4.99 Å². The molecule has 0 spiro atoms. The topological polar surface area (TPSA) is 71.7 Å². The fourth-order valence-electron chi connectivity index (χ4n) is 4.02. The molecule has 2 aromatic rings. The number of ether oxygens (including phenoxy) is 1. The van der Waals surface area contributed by atoms with Gasteiger partial charge in [0.05, 0.1) is 12.2 Å². The molecular weight excluding hydrogens is 400 g/mol. The number of aromatic nitrogens is 1. The summed E-state index contributed by atoms with van der Waals surface area (Å²) in [4.78, 5) is 4.84. The molecule has 0 aliphatic carbocycles. The molecule has 0 bridgehead atoms. The van der Waals surface area contributed by atoms with Gasteiger partial charge in [0.2, 0.25) is 0 Å². The van der Waals surface area contributed by atoms with Crippen LogP contribution in [-0.4, -0.2) is 37.4 Å². The van der Waals surface area contributed by atoms with Gasteiger partial charge in [-0.3, -0.25) is 0 Å². The second-order valence-corrected chi connectivity index (χ2v) is 8.13. The van der Waals surface area contributed by atoms with Gasteiger partial charge in [0, 0.05) is 48.7 Å². The Morgan fingerprint density at radius 2 is 1.97 bits per heavy atom. The normalized spacial score (nSPS) is 16.5. The molecule has 0 saturated carbocycles. The number of nitrogens with zero attached hydrogens (tertiary/aromatic N) is 2. The Balaban J connectivity index is 1.78. The highest BCUT2D eigenvalue weighted by Crippen LogP contribution is 2.35. The maximum Gasteiger partial charge on any atom is 0.191 e. The molecule has 1 saturated heterocycles. The Kier molecular flexibility index (Phi) is 8.16. The Morgan fingerprint density at radius 1 is 1.17 bits per heavy atom. The number of aliphatic imine (C=N–C) groups is 1. The first-order chi connectivity index (χ1) is 14.6. The average Bonchev–Trinajstić information content (AvgIpc) is 3.18. The van der Waals surface area contributed by atoms with E-state index in [0.717, 1.165) is 80.0 Å². The lowest BCUT2D eigenvalue weighted by molar-refractivity contribution is 0.0514. The van der Waals surface area contributed by atoms with E-state index in [-0.39, 0.29) is 5.41 Å². The van der Waals surface area contributed by atoms with Crippen LogP contribution in [0.25, 0.3) is 0 Å². The monoisotopic (exact) mass is 432 g/mol. The van der Waals surface area contributed by atoms with Gasteiger partial charge >= 0.3 is 0 Å². The zero-order chi connectivity index (χ0) is 21.4. The van der Waals surface area contributed by atoms with E-state index >= 15 is 0 Å². The van der Waals surface area contributed by atoms with E-state index in [1.54, 1.807) is 0 Å². The van der Waals surface area contributed by atoms with E-state index < -0.39 is 0 Å². The van der Waals surface area contributed by atoms with Crippen LogP contribution < -0.4 is 10.6 Å². The van der Waals surface area contributed by atoms with Crippen LogP contribution in [0.15, 0.2) is 33.8 Å². The molecule has 6 nitrogen and oxygen atoms in total. The molecule has 164 valence electrons. The van der Waals surface area contributed by atoms with Gasteiger partial charge in [0.15, 0.2) is 5.96 Å². The summed E-state index contributed by atoms with van der Waals surface area (Å²) in [5, 5.41) is 11.9. The molecule has 7 heteroatoms. The van der Waals surface area contributed by atoms with Crippen LogP contribution in [0.4, 0.5) is 0 Å². The number of rotatable bonds is 8. The summed E-state index contributed by atoms with van der Waals surface area (Å²) in [6, 6.07) is 8.20. The van der Waals surface area contributed by atoms with Crippen LogP contribution in [0.3, 0.4) is 0 Å². The lowest BCUT2D eigenvalue weighted by Gasteiger charge is -2.38. The summed E-state index contributed by atoms with van der Waals surface area (Å²) in [6.07, 6.45) is 3.56. The van der Waals surface area contributed by atoms with Crippen molar-refractivity contribution >= 4 is 17.6 Å².